The number of carbonyl (C=O) groups excluding carboxylic acids is 1. The first kappa shape index (κ1) is 16.1. The summed E-state index contributed by atoms with van der Waals surface area (Å²) in [5, 5.41) is 26.4. The third kappa shape index (κ3) is 2.75. The van der Waals surface area contributed by atoms with E-state index >= 15 is 0 Å². The molecule has 0 bridgehead atoms. The lowest BCUT2D eigenvalue weighted by molar-refractivity contribution is -0.127. The molecule has 2 aliphatic heterocycles. The van der Waals surface area contributed by atoms with Gasteiger partial charge in [-0.05, 0) is 18.2 Å². The number of hydrogen-bond donors (Lipinski definition) is 0. The van der Waals surface area contributed by atoms with Gasteiger partial charge in [-0.2, -0.15) is 10.5 Å². The van der Waals surface area contributed by atoms with Crippen molar-refractivity contribution in [3.05, 3.63) is 36.0 Å². The maximum absolute atomic E-state index is 12.9. The Morgan fingerprint density at radius 3 is 2.81 bits per heavy atom. The molecule has 2 saturated heterocycles. The number of fused-ring (bicyclic) bond motifs is 1. The molecular formula is C17H16N8O. The second-order valence-electron chi connectivity index (χ2n) is 6.27. The molecular weight excluding hydrogens is 332 g/mol. The van der Waals surface area contributed by atoms with Crippen molar-refractivity contribution in [3.63, 3.8) is 0 Å². The van der Waals surface area contributed by atoms with Crippen LogP contribution in [0.5, 0.6) is 0 Å². The van der Waals surface area contributed by atoms with Gasteiger partial charge in [0.25, 0.3) is 0 Å². The Hall–Kier alpha value is -3.43. The van der Waals surface area contributed by atoms with Gasteiger partial charge in [-0.25, -0.2) is 4.68 Å². The van der Waals surface area contributed by atoms with Crippen LogP contribution >= 0.6 is 0 Å². The lowest BCUT2D eigenvalue weighted by Crippen LogP contribution is -2.64. The van der Waals surface area contributed by atoms with Crippen LogP contribution in [0, 0.1) is 22.8 Å². The van der Waals surface area contributed by atoms with Gasteiger partial charge in [0.05, 0.1) is 30.1 Å². The number of aromatic nitrogens is 3. The summed E-state index contributed by atoms with van der Waals surface area (Å²) in [5.74, 6) is 0.417. The SMILES string of the molecule is N#Cc1cccc(-n2cc(N3CCN4CCN(C#N)C[C@@H]4C3=O)nn2)c1. The van der Waals surface area contributed by atoms with Gasteiger partial charge in [-0.3, -0.25) is 14.6 Å². The average Bonchev–Trinajstić information content (AvgIpc) is 3.18. The predicted molar refractivity (Wildman–Crippen MR) is 91.0 cm³/mol. The summed E-state index contributed by atoms with van der Waals surface area (Å²) in [6.07, 6.45) is 3.82. The zero-order valence-corrected chi connectivity index (χ0v) is 14.0. The van der Waals surface area contributed by atoms with Crippen LogP contribution in [0.1, 0.15) is 5.56 Å². The van der Waals surface area contributed by atoms with Crippen molar-refractivity contribution >= 4 is 11.7 Å². The molecule has 1 amide bonds. The monoisotopic (exact) mass is 348 g/mol. The Morgan fingerprint density at radius 1 is 1.15 bits per heavy atom. The lowest BCUT2D eigenvalue weighted by Gasteiger charge is -2.44. The predicted octanol–water partition coefficient (Wildman–Crippen LogP) is -0.0471. The molecule has 0 aliphatic carbocycles. The summed E-state index contributed by atoms with van der Waals surface area (Å²) in [7, 11) is 0. The van der Waals surface area contributed by atoms with Crippen LogP contribution < -0.4 is 4.90 Å². The molecule has 0 saturated carbocycles. The molecule has 0 radical (unpaired) electrons. The summed E-state index contributed by atoms with van der Waals surface area (Å²) in [6, 6.07) is 8.79. The number of nitriles is 2. The van der Waals surface area contributed by atoms with Gasteiger partial charge in [-0.15, -0.1) is 5.10 Å². The molecule has 2 aromatic rings. The standard InChI is InChI=1S/C17H16N8O/c18-9-13-2-1-3-14(8-13)25-11-16(20-21-25)24-7-6-23-5-4-22(12-19)10-15(23)17(24)26/h1-3,8,11,15H,4-7,10H2/t15-/m1/s1. The molecule has 2 fully saturated rings. The Bertz CT molecular complexity index is 923. The summed E-state index contributed by atoms with van der Waals surface area (Å²) >= 11 is 0. The molecule has 9 nitrogen and oxygen atoms in total. The number of hydrogen-bond acceptors (Lipinski definition) is 7. The molecule has 0 spiro atoms. The van der Waals surface area contributed by atoms with Crippen LogP contribution in [-0.2, 0) is 4.79 Å². The van der Waals surface area contributed by atoms with Gasteiger partial charge in [-0.1, -0.05) is 11.3 Å². The highest BCUT2D eigenvalue weighted by molar-refractivity contribution is 5.97. The number of piperazine rings is 2. The third-order valence-corrected chi connectivity index (χ3v) is 4.79. The van der Waals surface area contributed by atoms with Crippen molar-refractivity contribution in [2.45, 2.75) is 6.04 Å². The third-order valence-electron chi connectivity index (χ3n) is 4.79. The number of amides is 1. The highest BCUT2D eigenvalue weighted by atomic mass is 16.2. The Morgan fingerprint density at radius 2 is 2.00 bits per heavy atom. The average molecular weight is 348 g/mol. The van der Waals surface area contributed by atoms with E-state index in [9.17, 15) is 4.79 Å². The van der Waals surface area contributed by atoms with Crippen LogP contribution in [0.3, 0.4) is 0 Å². The van der Waals surface area contributed by atoms with Crippen LogP contribution in [0.15, 0.2) is 30.5 Å². The maximum Gasteiger partial charge on any atom is 0.247 e. The van der Waals surface area contributed by atoms with Gasteiger partial charge < -0.3 is 4.90 Å². The minimum Gasteiger partial charge on any atom is -0.307 e. The van der Waals surface area contributed by atoms with Crippen LogP contribution in [0.2, 0.25) is 0 Å². The summed E-state index contributed by atoms with van der Waals surface area (Å²) in [4.78, 5) is 18.3. The van der Waals surface area contributed by atoms with Gasteiger partial charge in [0.2, 0.25) is 5.91 Å². The van der Waals surface area contributed by atoms with Gasteiger partial charge in [0.15, 0.2) is 12.0 Å². The fraction of sp³-hybridized carbons (Fsp3) is 0.353. The summed E-state index contributed by atoms with van der Waals surface area (Å²) in [6.45, 7) is 3.06. The molecule has 9 heteroatoms. The second kappa shape index (κ2) is 6.47. The first-order valence-electron chi connectivity index (χ1n) is 8.32. The topological polar surface area (TPSA) is 105 Å². The van der Waals surface area contributed by atoms with Crippen molar-refractivity contribution < 1.29 is 4.79 Å². The van der Waals surface area contributed by atoms with Crippen LogP contribution in [0.25, 0.3) is 5.69 Å². The maximum atomic E-state index is 12.9. The highest BCUT2D eigenvalue weighted by Gasteiger charge is 2.39. The molecule has 130 valence electrons. The van der Waals surface area contributed by atoms with Crippen LogP contribution in [0.4, 0.5) is 5.82 Å². The van der Waals surface area contributed by atoms with E-state index in [0.717, 1.165) is 6.54 Å². The lowest BCUT2D eigenvalue weighted by atomic mass is 10.1. The summed E-state index contributed by atoms with van der Waals surface area (Å²) < 4.78 is 1.55. The number of benzene rings is 1. The first-order chi connectivity index (χ1) is 12.7. The van der Waals surface area contributed by atoms with Crippen molar-refractivity contribution in [2.24, 2.45) is 0 Å². The quantitative estimate of drug-likeness (QED) is 0.701. The Kier molecular flexibility index (Phi) is 3.99. The van der Waals surface area contributed by atoms with E-state index in [0.29, 0.717) is 43.2 Å². The molecule has 1 aromatic heterocycles. The van der Waals surface area contributed by atoms with E-state index in [4.69, 9.17) is 10.5 Å². The van der Waals surface area contributed by atoms with Gasteiger partial charge >= 0.3 is 0 Å². The molecule has 0 unspecified atom stereocenters. The van der Waals surface area contributed by atoms with E-state index in [-0.39, 0.29) is 11.9 Å². The van der Waals surface area contributed by atoms with Gasteiger partial charge in [0, 0.05) is 26.2 Å². The van der Waals surface area contributed by atoms with Gasteiger partial charge in [0.1, 0.15) is 6.04 Å². The van der Waals surface area contributed by atoms with Crippen molar-refractivity contribution in [2.75, 3.05) is 37.6 Å². The van der Waals surface area contributed by atoms with E-state index < -0.39 is 0 Å². The minimum atomic E-state index is -0.329. The first-order valence-corrected chi connectivity index (χ1v) is 8.32. The van der Waals surface area contributed by atoms with Crippen molar-refractivity contribution in [1.29, 1.82) is 10.5 Å². The number of anilines is 1. The molecule has 3 heterocycles. The zero-order valence-electron chi connectivity index (χ0n) is 14.0. The van der Waals surface area contributed by atoms with E-state index in [1.807, 2.05) is 6.07 Å². The Balaban J connectivity index is 1.57. The number of carbonyl (C=O) groups is 1. The normalized spacial score (nSPS) is 20.4. The zero-order chi connectivity index (χ0) is 18.1. The second-order valence-corrected chi connectivity index (χ2v) is 6.27. The number of nitrogens with zero attached hydrogens (tertiary/aromatic N) is 8. The molecule has 26 heavy (non-hydrogen) atoms. The van der Waals surface area contributed by atoms with Crippen molar-refractivity contribution in [1.82, 2.24) is 24.8 Å². The molecule has 1 atom stereocenters. The fourth-order valence-corrected chi connectivity index (χ4v) is 3.38. The fourth-order valence-electron chi connectivity index (χ4n) is 3.38. The Labute approximate surface area is 150 Å². The smallest absolute Gasteiger partial charge is 0.247 e. The molecule has 4 rings (SSSR count). The molecule has 1 aromatic carbocycles. The molecule has 2 aliphatic rings. The summed E-state index contributed by atoms with van der Waals surface area (Å²) in [5.41, 5.74) is 1.24. The highest BCUT2D eigenvalue weighted by Crippen LogP contribution is 2.22. The number of rotatable bonds is 2. The van der Waals surface area contributed by atoms with E-state index in [2.05, 4.69) is 27.5 Å². The van der Waals surface area contributed by atoms with E-state index in [1.54, 1.807) is 38.9 Å². The largest absolute Gasteiger partial charge is 0.307 e. The van der Waals surface area contributed by atoms with Crippen LogP contribution in [-0.4, -0.2) is 69.5 Å². The van der Waals surface area contributed by atoms with Crippen molar-refractivity contribution in [3.8, 4) is 17.9 Å². The molecule has 0 N–H and O–H groups in total. The minimum absolute atomic E-state index is 0.0611. The van der Waals surface area contributed by atoms with E-state index in [1.165, 1.54) is 0 Å².